The Morgan fingerprint density at radius 3 is 1.24 bits per heavy atom. The summed E-state index contributed by atoms with van der Waals surface area (Å²) >= 11 is 7.11. The number of benzene rings is 8. The van der Waals surface area contributed by atoms with Crippen molar-refractivity contribution < 1.29 is 0 Å². The van der Waals surface area contributed by atoms with Gasteiger partial charge in [0.2, 0.25) is 0 Å². The highest BCUT2D eigenvalue weighted by molar-refractivity contribution is 8.25. The number of fused-ring (bicyclic) bond motifs is 7. The molecule has 0 fully saturated rings. The molecule has 8 aromatic carbocycles. The third-order valence-electron chi connectivity index (χ3n) is 8.49. The van der Waals surface area contributed by atoms with Crippen molar-refractivity contribution in [2.45, 2.75) is 0 Å². The van der Waals surface area contributed by atoms with Crippen molar-refractivity contribution in [3.63, 3.8) is 0 Å². The van der Waals surface area contributed by atoms with Crippen LogP contribution in [0.4, 0.5) is 0 Å². The Kier molecular flexibility index (Phi) is 6.04. The van der Waals surface area contributed by atoms with Crippen LogP contribution in [0.15, 0.2) is 164 Å². The lowest BCUT2D eigenvalue weighted by molar-refractivity contribution is 1.68. The molecule has 8 aromatic rings. The van der Waals surface area contributed by atoms with Gasteiger partial charge in [-0.15, -0.1) is 0 Å². The third-order valence-corrected chi connectivity index (χ3v) is 13.4. The second-order valence-electron chi connectivity index (χ2n) is 10.8. The predicted octanol–water partition coefficient (Wildman–Crippen LogP) is 9.72. The van der Waals surface area contributed by atoms with Crippen molar-refractivity contribution in [2.75, 3.05) is 0 Å². The van der Waals surface area contributed by atoms with Crippen LogP contribution in [-0.4, -0.2) is 0 Å². The van der Waals surface area contributed by atoms with E-state index in [1.807, 2.05) is 0 Å². The second kappa shape index (κ2) is 10.1. The number of hydrogen-bond acceptors (Lipinski definition) is 1. The van der Waals surface area contributed by atoms with E-state index in [4.69, 9.17) is 11.8 Å². The minimum absolute atomic E-state index is 1.21. The molecule has 0 amide bonds. The Morgan fingerprint density at radius 1 is 0.333 bits per heavy atom. The Bertz CT molecular complexity index is 2260. The van der Waals surface area contributed by atoms with Gasteiger partial charge in [0.15, 0.2) is 0 Å². The highest BCUT2D eigenvalue weighted by Crippen LogP contribution is 2.52. The lowest BCUT2D eigenvalue weighted by Crippen LogP contribution is -2.26. The first-order valence-electron chi connectivity index (χ1n) is 14.3. The maximum atomic E-state index is 7.11. The van der Waals surface area contributed by atoms with Crippen molar-refractivity contribution in [2.24, 2.45) is 0 Å². The summed E-state index contributed by atoms with van der Waals surface area (Å²) in [6.45, 7) is 0. The van der Waals surface area contributed by atoms with Crippen LogP contribution in [0.3, 0.4) is 0 Å². The van der Waals surface area contributed by atoms with Crippen LogP contribution in [0.25, 0.3) is 54.2 Å². The molecule has 0 unspecified atom stereocenters. The summed E-state index contributed by atoms with van der Waals surface area (Å²) in [7, 11) is 0. The largest absolute Gasteiger partial charge is 0.0826 e. The zero-order valence-corrected chi connectivity index (χ0v) is 24.7. The average Bonchev–Trinajstić information content (AvgIpc) is 3.08. The van der Waals surface area contributed by atoms with Gasteiger partial charge in [-0.05, 0) is 59.4 Å². The molecule has 0 aliphatic carbocycles. The molecule has 0 nitrogen and oxygen atoms in total. The molecule has 0 saturated carbocycles. The Morgan fingerprint density at radius 2 is 0.714 bits per heavy atom. The normalized spacial score (nSPS) is 11.9. The first-order valence-corrected chi connectivity index (χ1v) is 17.1. The Balaban J connectivity index is 1.74. The SMILES string of the molecule is S=P(c1ccccc1)(c1ccccc1)c1c2ccccc2c(-c2ccccc2)c2c3ccccc3c3ccccc3c12. The van der Waals surface area contributed by atoms with Gasteiger partial charge in [0.25, 0.3) is 0 Å². The van der Waals surface area contributed by atoms with Crippen LogP contribution in [0.2, 0.25) is 0 Å². The lowest BCUT2D eigenvalue weighted by Gasteiger charge is -2.30. The quantitative estimate of drug-likeness (QED) is 0.115. The van der Waals surface area contributed by atoms with Crippen LogP contribution in [0.5, 0.6) is 0 Å². The third kappa shape index (κ3) is 3.71. The van der Waals surface area contributed by atoms with E-state index in [-0.39, 0.29) is 0 Å². The van der Waals surface area contributed by atoms with Crippen molar-refractivity contribution in [3.05, 3.63) is 164 Å². The highest BCUT2D eigenvalue weighted by Gasteiger charge is 2.31. The van der Waals surface area contributed by atoms with Crippen molar-refractivity contribution in [1.82, 2.24) is 0 Å². The summed E-state index contributed by atoms with van der Waals surface area (Å²) in [6, 6.07) is 56.7. The molecule has 0 aliphatic rings. The maximum Gasteiger partial charge on any atom is 0.0391 e. The summed E-state index contributed by atoms with van der Waals surface area (Å²) in [5.41, 5.74) is 2.49. The Hall–Kier alpha value is -4.55. The summed E-state index contributed by atoms with van der Waals surface area (Å²) < 4.78 is 0. The lowest BCUT2D eigenvalue weighted by atomic mass is 9.86. The van der Waals surface area contributed by atoms with Crippen LogP contribution in [0.1, 0.15) is 0 Å². The highest BCUT2D eigenvalue weighted by atomic mass is 32.4. The zero-order valence-electron chi connectivity index (χ0n) is 22.9. The molecular formula is C40H27PS. The van der Waals surface area contributed by atoms with E-state index in [0.717, 1.165) is 0 Å². The molecule has 0 saturated heterocycles. The van der Waals surface area contributed by atoms with E-state index in [1.54, 1.807) is 0 Å². The molecule has 0 aromatic heterocycles. The van der Waals surface area contributed by atoms with Gasteiger partial charge in [0, 0.05) is 16.7 Å². The van der Waals surface area contributed by atoms with E-state index in [0.29, 0.717) is 0 Å². The monoisotopic (exact) mass is 570 g/mol. The van der Waals surface area contributed by atoms with Crippen LogP contribution in [-0.2, 0) is 11.8 Å². The molecule has 0 radical (unpaired) electrons. The maximum absolute atomic E-state index is 7.11. The molecule has 42 heavy (non-hydrogen) atoms. The minimum Gasteiger partial charge on any atom is -0.0826 e. The van der Waals surface area contributed by atoms with Crippen molar-refractivity contribution >= 4 is 76.8 Å². The molecular weight excluding hydrogens is 543 g/mol. The number of rotatable bonds is 4. The molecule has 0 atom stereocenters. The molecule has 8 rings (SSSR count). The molecule has 0 N–H and O–H groups in total. The summed E-state index contributed by atoms with van der Waals surface area (Å²) in [5, 5.41) is 13.8. The summed E-state index contributed by atoms with van der Waals surface area (Å²) in [6.07, 6.45) is 0. The van der Waals surface area contributed by atoms with Gasteiger partial charge in [-0.3, -0.25) is 0 Å². The first-order chi connectivity index (χ1) is 20.8. The first kappa shape index (κ1) is 25.2. The van der Waals surface area contributed by atoms with Gasteiger partial charge in [0.05, 0.1) is 0 Å². The van der Waals surface area contributed by atoms with Gasteiger partial charge < -0.3 is 0 Å². The average molecular weight is 571 g/mol. The molecule has 198 valence electrons. The van der Waals surface area contributed by atoms with Crippen LogP contribution in [0, 0.1) is 0 Å². The van der Waals surface area contributed by atoms with Crippen molar-refractivity contribution in [3.8, 4) is 11.1 Å². The molecule has 0 aliphatic heterocycles. The van der Waals surface area contributed by atoms with Gasteiger partial charge in [0.1, 0.15) is 0 Å². The zero-order chi connectivity index (χ0) is 28.1. The van der Waals surface area contributed by atoms with Crippen LogP contribution >= 0.6 is 6.04 Å². The second-order valence-corrected chi connectivity index (χ2v) is 15.1. The van der Waals surface area contributed by atoms with Crippen LogP contribution < -0.4 is 15.9 Å². The van der Waals surface area contributed by atoms with E-state index in [9.17, 15) is 0 Å². The van der Waals surface area contributed by atoms with E-state index in [1.165, 1.54) is 70.1 Å². The minimum atomic E-state index is -2.53. The van der Waals surface area contributed by atoms with E-state index < -0.39 is 6.04 Å². The van der Waals surface area contributed by atoms with Gasteiger partial charge in [-0.2, -0.15) is 0 Å². The van der Waals surface area contributed by atoms with Crippen molar-refractivity contribution in [1.29, 1.82) is 0 Å². The van der Waals surface area contributed by atoms with Gasteiger partial charge in [-0.1, -0.05) is 176 Å². The molecule has 0 bridgehead atoms. The van der Waals surface area contributed by atoms with E-state index in [2.05, 4.69) is 164 Å². The fourth-order valence-corrected chi connectivity index (χ4v) is 11.1. The number of hydrogen-bond donors (Lipinski definition) is 0. The van der Waals surface area contributed by atoms with Gasteiger partial charge in [-0.25, -0.2) is 0 Å². The fraction of sp³-hybridized carbons (Fsp3) is 0. The summed E-state index contributed by atoms with van der Waals surface area (Å²) in [4.78, 5) is 0. The Labute approximate surface area is 250 Å². The standard InChI is InChI=1S/C40H27PS/c42-41(29-18-6-2-7-19-29,30-20-8-3-9-21-30)40-36-27-15-14-26-35(36)37(28-16-4-1-5-17-28)38-33-24-12-10-22-31(33)32-23-11-13-25-34(32)39(38)40/h1-27H. The topological polar surface area (TPSA) is 0 Å². The molecule has 2 heteroatoms. The fourth-order valence-electron chi connectivity index (χ4n) is 6.74. The van der Waals surface area contributed by atoms with E-state index >= 15 is 0 Å². The summed E-state index contributed by atoms with van der Waals surface area (Å²) in [5.74, 6) is 0. The predicted molar refractivity (Wildman–Crippen MR) is 188 cm³/mol. The smallest absolute Gasteiger partial charge is 0.0391 e. The molecule has 0 spiro atoms. The molecule has 0 heterocycles. The van der Waals surface area contributed by atoms with Gasteiger partial charge >= 0.3 is 0 Å².